The zero-order chi connectivity index (χ0) is 16.7. The lowest BCUT2D eigenvalue weighted by Gasteiger charge is -2.27. The Morgan fingerprint density at radius 3 is 2.54 bits per heavy atom. The normalized spacial score (nSPS) is 19.9. The van der Waals surface area contributed by atoms with Gasteiger partial charge in [0.05, 0.1) is 6.54 Å². The molecule has 1 aromatic heterocycles. The summed E-state index contributed by atoms with van der Waals surface area (Å²) in [4.78, 5) is 11.9. The van der Waals surface area contributed by atoms with Gasteiger partial charge in [-0.25, -0.2) is 4.79 Å². The first-order valence-corrected chi connectivity index (χ1v) is 8.57. The molecule has 1 aromatic carbocycles. The van der Waals surface area contributed by atoms with Gasteiger partial charge in [-0.2, -0.15) is 0 Å². The molecule has 0 amide bonds. The van der Waals surface area contributed by atoms with Crippen molar-refractivity contribution < 1.29 is 9.90 Å². The van der Waals surface area contributed by atoms with Crippen LogP contribution in [0.5, 0.6) is 0 Å². The second-order valence-corrected chi connectivity index (χ2v) is 7.00. The molecule has 1 atom stereocenters. The number of carboxylic acid groups (broad SMARTS) is 1. The molecule has 6 heteroatoms. The third kappa shape index (κ3) is 2.71. The van der Waals surface area contributed by atoms with Crippen LogP contribution in [0.2, 0.25) is 0 Å². The Hall–Kier alpha value is -2.21. The van der Waals surface area contributed by atoms with E-state index in [9.17, 15) is 9.90 Å². The Morgan fingerprint density at radius 2 is 1.96 bits per heavy atom. The SMILES string of the molecule is CC(NCc1nnc(C2CC2)n1C1CC1)(C(=O)O)c1ccccc1. The smallest absolute Gasteiger partial charge is 0.328 e. The maximum absolute atomic E-state index is 11.9. The summed E-state index contributed by atoms with van der Waals surface area (Å²) < 4.78 is 2.25. The maximum atomic E-state index is 11.9. The van der Waals surface area contributed by atoms with Crippen LogP contribution >= 0.6 is 0 Å². The first-order valence-electron chi connectivity index (χ1n) is 8.57. The fourth-order valence-electron chi connectivity index (χ4n) is 3.14. The Labute approximate surface area is 140 Å². The lowest BCUT2D eigenvalue weighted by Crippen LogP contribution is -2.46. The van der Waals surface area contributed by atoms with Crippen LogP contribution in [0.3, 0.4) is 0 Å². The van der Waals surface area contributed by atoms with E-state index in [0.29, 0.717) is 18.5 Å². The molecule has 0 radical (unpaired) electrons. The number of hydrogen-bond acceptors (Lipinski definition) is 4. The van der Waals surface area contributed by atoms with Gasteiger partial charge in [-0.3, -0.25) is 5.32 Å². The molecule has 0 bridgehead atoms. The van der Waals surface area contributed by atoms with Crippen molar-refractivity contribution in [3.63, 3.8) is 0 Å². The Kier molecular flexibility index (Phi) is 3.64. The van der Waals surface area contributed by atoms with Crippen LogP contribution in [0.15, 0.2) is 30.3 Å². The number of nitrogens with zero attached hydrogens (tertiary/aromatic N) is 3. The van der Waals surface area contributed by atoms with E-state index in [4.69, 9.17) is 0 Å². The summed E-state index contributed by atoms with van der Waals surface area (Å²) in [6, 6.07) is 9.77. The fourth-order valence-corrected chi connectivity index (χ4v) is 3.14. The number of rotatable bonds is 7. The predicted molar refractivity (Wildman–Crippen MR) is 88.5 cm³/mol. The van der Waals surface area contributed by atoms with E-state index in [1.54, 1.807) is 6.92 Å². The standard InChI is InChI=1S/C18H22N4O2/c1-18(17(23)24,13-5-3-2-4-6-13)19-11-15-20-21-16(12-7-8-12)22(15)14-9-10-14/h2-6,12,14,19H,7-11H2,1H3,(H,23,24). The quantitative estimate of drug-likeness (QED) is 0.817. The molecular weight excluding hydrogens is 304 g/mol. The number of benzene rings is 1. The highest BCUT2D eigenvalue weighted by molar-refractivity contribution is 5.80. The van der Waals surface area contributed by atoms with Crippen LogP contribution < -0.4 is 5.32 Å². The summed E-state index contributed by atoms with van der Waals surface area (Å²) in [7, 11) is 0. The van der Waals surface area contributed by atoms with Crippen molar-refractivity contribution in [2.24, 2.45) is 0 Å². The topological polar surface area (TPSA) is 80.0 Å². The molecule has 1 unspecified atom stereocenters. The minimum Gasteiger partial charge on any atom is -0.480 e. The minimum absolute atomic E-state index is 0.397. The monoisotopic (exact) mass is 326 g/mol. The van der Waals surface area contributed by atoms with Gasteiger partial charge in [0, 0.05) is 12.0 Å². The van der Waals surface area contributed by atoms with Crippen LogP contribution in [0.25, 0.3) is 0 Å². The third-order valence-electron chi connectivity index (χ3n) is 5.03. The average molecular weight is 326 g/mol. The molecule has 2 saturated carbocycles. The van der Waals surface area contributed by atoms with Crippen molar-refractivity contribution in [2.45, 2.75) is 56.7 Å². The number of hydrogen-bond donors (Lipinski definition) is 2. The summed E-state index contributed by atoms with van der Waals surface area (Å²) >= 11 is 0. The zero-order valence-corrected chi connectivity index (χ0v) is 13.8. The highest BCUT2D eigenvalue weighted by Crippen LogP contribution is 2.44. The molecule has 2 aromatic rings. The molecule has 0 aliphatic heterocycles. The number of aliphatic carboxylic acids is 1. The molecule has 2 fully saturated rings. The van der Waals surface area contributed by atoms with Gasteiger partial charge in [0.15, 0.2) is 0 Å². The molecule has 4 rings (SSSR count). The lowest BCUT2D eigenvalue weighted by molar-refractivity contribution is -0.144. The van der Waals surface area contributed by atoms with Crippen LogP contribution in [0, 0.1) is 0 Å². The molecule has 1 heterocycles. The summed E-state index contributed by atoms with van der Waals surface area (Å²) in [5.74, 6) is 1.59. The highest BCUT2D eigenvalue weighted by Gasteiger charge is 2.38. The van der Waals surface area contributed by atoms with Crippen molar-refractivity contribution in [1.29, 1.82) is 0 Å². The molecular formula is C18H22N4O2. The molecule has 0 saturated heterocycles. The Bertz CT molecular complexity index is 750. The Morgan fingerprint density at radius 1 is 1.25 bits per heavy atom. The van der Waals surface area contributed by atoms with Gasteiger partial charge in [-0.05, 0) is 38.2 Å². The van der Waals surface area contributed by atoms with Gasteiger partial charge in [0.25, 0.3) is 0 Å². The average Bonchev–Trinajstić information content (AvgIpc) is 3.52. The van der Waals surface area contributed by atoms with E-state index in [1.807, 2.05) is 30.3 Å². The van der Waals surface area contributed by atoms with E-state index in [1.165, 1.54) is 25.7 Å². The Balaban J connectivity index is 1.58. The van der Waals surface area contributed by atoms with Gasteiger partial charge in [0.1, 0.15) is 17.2 Å². The molecule has 126 valence electrons. The van der Waals surface area contributed by atoms with Crippen molar-refractivity contribution in [1.82, 2.24) is 20.1 Å². The van der Waals surface area contributed by atoms with E-state index in [0.717, 1.165) is 17.2 Å². The van der Waals surface area contributed by atoms with Crippen LogP contribution in [-0.2, 0) is 16.9 Å². The summed E-state index contributed by atoms with van der Waals surface area (Å²) in [5, 5.41) is 21.7. The third-order valence-corrected chi connectivity index (χ3v) is 5.03. The van der Waals surface area contributed by atoms with Gasteiger partial charge >= 0.3 is 5.97 Å². The van der Waals surface area contributed by atoms with Gasteiger partial charge < -0.3 is 9.67 Å². The van der Waals surface area contributed by atoms with E-state index in [2.05, 4.69) is 20.1 Å². The number of nitrogens with one attached hydrogen (secondary N) is 1. The van der Waals surface area contributed by atoms with Crippen molar-refractivity contribution in [3.05, 3.63) is 47.5 Å². The molecule has 0 spiro atoms. The lowest BCUT2D eigenvalue weighted by atomic mass is 9.92. The van der Waals surface area contributed by atoms with Crippen molar-refractivity contribution in [2.75, 3.05) is 0 Å². The van der Waals surface area contributed by atoms with Crippen LogP contribution in [0.1, 0.15) is 61.8 Å². The zero-order valence-electron chi connectivity index (χ0n) is 13.8. The van der Waals surface area contributed by atoms with Gasteiger partial charge in [0.2, 0.25) is 0 Å². The van der Waals surface area contributed by atoms with Gasteiger partial charge in [-0.1, -0.05) is 30.3 Å². The first kappa shape index (κ1) is 15.3. The number of carbonyl (C=O) groups is 1. The second-order valence-electron chi connectivity index (χ2n) is 7.00. The predicted octanol–water partition coefficient (Wildman–Crippen LogP) is 2.58. The van der Waals surface area contributed by atoms with Gasteiger partial charge in [-0.15, -0.1) is 10.2 Å². The summed E-state index contributed by atoms with van der Waals surface area (Å²) in [6.07, 6.45) is 4.71. The fraction of sp³-hybridized carbons (Fsp3) is 0.500. The van der Waals surface area contributed by atoms with Crippen LogP contribution in [0.4, 0.5) is 0 Å². The number of carboxylic acids is 1. The molecule has 6 nitrogen and oxygen atoms in total. The van der Waals surface area contributed by atoms with Crippen molar-refractivity contribution in [3.8, 4) is 0 Å². The number of aromatic nitrogens is 3. The van der Waals surface area contributed by atoms with Crippen LogP contribution in [-0.4, -0.2) is 25.8 Å². The molecule has 2 aliphatic carbocycles. The maximum Gasteiger partial charge on any atom is 0.328 e. The molecule has 2 N–H and O–H groups in total. The molecule has 24 heavy (non-hydrogen) atoms. The second kappa shape index (κ2) is 5.70. The van der Waals surface area contributed by atoms with Crippen molar-refractivity contribution >= 4 is 5.97 Å². The summed E-state index contributed by atoms with van der Waals surface area (Å²) in [6.45, 7) is 2.10. The van der Waals surface area contributed by atoms with E-state index in [-0.39, 0.29) is 0 Å². The summed E-state index contributed by atoms with van der Waals surface area (Å²) in [5.41, 5.74) is -0.418. The highest BCUT2D eigenvalue weighted by atomic mass is 16.4. The minimum atomic E-state index is -1.15. The first-order chi connectivity index (χ1) is 11.6. The largest absolute Gasteiger partial charge is 0.480 e. The molecule has 2 aliphatic rings. The van der Waals surface area contributed by atoms with E-state index < -0.39 is 11.5 Å². The van der Waals surface area contributed by atoms with E-state index >= 15 is 0 Å².